The van der Waals surface area contributed by atoms with E-state index < -0.39 is 0 Å². The van der Waals surface area contributed by atoms with Crippen molar-refractivity contribution >= 4 is 23.2 Å². The molecule has 2 heterocycles. The lowest BCUT2D eigenvalue weighted by Gasteiger charge is -2.34. The lowest BCUT2D eigenvalue weighted by molar-refractivity contribution is 0.0772. The van der Waals surface area contributed by atoms with Crippen LogP contribution >= 0.6 is 0 Å². The molecular formula is C22H29N5O2. The summed E-state index contributed by atoms with van der Waals surface area (Å²) in [5.41, 5.74) is 2.66. The van der Waals surface area contributed by atoms with Crippen molar-refractivity contribution in [1.29, 1.82) is 0 Å². The number of hydrogen-bond donors (Lipinski definition) is 1. The molecule has 7 heteroatoms. The van der Waals surface area contributed by atoms with Gasteiger partial charge in [0.25, 0.3) is 11.8 Å². The molecule has 0 radical (unpaired) electrons. The third kappa shape index (κ3) is 5.12. The summed E-state index contributed by atoms with van der Waals surface area (Å²) in [7, 11) is 2.13. The van der Waals surface area contributed by atoms with E-state index in [0.717, 1.165) is 31.9 Å². The fourth-order valence-electron chi connectivity index (χ4n) is 3.40. The molecule has 2 amide bonds. The van der Waals surface area contributed by atoms with Gasteiger partial charge in [-0.2, -0.15) is 0 Å². The lowest BCUT2D eigenvalue weighted by atomic mass is 10.1. The van der Waals surface area contributed by atoms with Crippen LogP contribution in [0.3, 0.4) is 0 Å². The Bertz CT molecular complexity index is 841. The largest absolute Gasteiger partial charge is 0.369 e. The van der Waals surface area contributed by atoms with Gasteiger partial charge in [0.1, 0.15) is 0 Å². The summed E-state index contributed by atoms with van der Waals surface area (Å²) in [5.74, 6) is -0.396. The van der Waals surface area contributed by atoms with E-state index in [1.807, 2.05) is 38.1 Å². The first-order valence-corrected chi connectivity index (χ1v) is 10.1. The van der Waals surface area contributed by atoms with Crippen molar-refractivity contribution in [1.82, 2.24) is 14.8 Å². The standard InChI is InChI=1S/C22H29N5O2/c1-4-26(5-2)22(29)18-14-17(15-23-16-18)21(28)24-19-6-8-20(9-7-19)27-12-10-25(3)11-13-27/h6-9,14-16H,4-5,10-13H2,1-3H3,(H,24,28). The van der Waals surface area contributed by atoms with Crippen LogP contribution in [0, 0.1) is 0 Å². The van der Waals surface area contributed by atoms with Gasteiger partial charge in [0.2, 0.25) is 0 Å². The lowest BCUT2D eigenvalue weighted by Crippen LogP contribution is -2.44. The molecule has 0 unspecified atom stereocenters. The van der Waals surface area contributed by atoms with Crippen LogP contribution in [0.25, 0.3) is 0 Å². The predicted molar refractivity (Wildman–Crippen MR) is 116 cm³/mol. The van der Waals surface area contributed by atoms with Gasteiger partial charge in [-0.15, -0.1) is 0 Å². The first-order chi connectivity index (χ1) is 14.0. The molecule has 1 fully saturated rings. The quantitative estimate of drug-likeness (QED) is 0.814. The minimum atomic E-state index is -0.279. The predicted octanol–water partition coefficient (Wildman–Crippen LogP) is 2.57. The van der Waals surface area contributed by atoms with Gasteiger partial charge >= 0.3 is 0 Å². The number of amides is 2. The number of nitrogens with zero attached hydrogens (tertiary/aromatic N) is 4. The Balaban J connectivity index is 1.66. The zero-order chi connectivity index (χ0) is 20.8. The molecule has 1 N–H and O–H groups in total. The maximum Gasteiger partial charge on any atom is 0.257 e. The Morgan fingerprint density at radius 2 is 1.62 bits per heavy atom. The van der Waals surface area contributed by atoms with Gasteiger partial charge in [0.15, 0.2) is 0 Å². The molecule has 0 bridgehead atoms. The van der Waals surface area contributed by atoms with Crippen molar-refractivity contribution in [3.63, 3.8) is 0 Å². The van der Waals surface area contributed by atoms with Gasteiger partial charge in [-0.3, -0.25) is 14.6 Å². The molecule has 1 aliphatic heterocycles. The number of benzene rings is 1. The number of carbonyl (C=O) groups is 2. The number of piperazine rings is 1. The minimum Gasteiger partial charge on any atom is -0.369 e. The number of pyridine rings is 1. The fourth-order valence-corrected chi connectivity index (χ4v) is 3.40. The van der Waals surface area contributed by atoms with E-state index in [4.69, 9.17) is 0 Å². The molecule has 1 aromatic heterocycles. The monoisotopic (exact) mass is 395 g/mol. The van der Waals surface area contributed by atoms with Crippen molar-refractivity contribution in [2.24, 2.45) is 0 Å². The number of hydrogen-bond acceptors (Lipinski definition) is 5. The van der Waals surface area contributed by atoms with Crippen LogP contribution in [0.2, 0.25) is 0 Å². The molecule has 2 aromatic rings. The minimum absolute atomic E-state index is 0.117. The van der Waals surface area contributed by atoms with E-state index in [1.165, 1.54) is 12.4 Å². The maximum absolute atomic E-state index is 12.6. The van der Waals surface area contributed by atoms with Crippen LogP contribution in [0.1, 0.15) is 34.6 Å². The topological polar surface area (TPSA) is 68.8 Å². The van der Waals surface area contributed by atoms with E-state index in [-0.39, 0.29) is 11.8 Å². The van der Waals surface area contributed by atoms with Gasteiger partial charge in [-0.25, -0.2) is 0 Å². The second kappa shape index (κ2) is 9.52. The highest BCUT2D eigenvalue weighted by Gasteiger charge is 2.16. The van der Waals surface area contributed by atoms with Crippen molar-refractivity contribution < 1.29 is 9.59 Å². The molecule has 1 aromatic carbocycles. The molecule has 0 aliphatic carbocycles. The third-order valence-corrected chi connectivity index (χ3v) is 5.29. The van der Waals surface area contributed by atoms with Crippen LogP contribution in [0.4, 0.5) is 11.4 Å². The molecule has 154 valence electrons. The Morgan fingerprint density at radius 1 is 1.00 bits per heavy atom. The average Bonchev–Trinajstić information content (AvgIpc) is 2.76. The summed E-state index contributed by atoms with van der Waals surface area (Å²) >= 11 is 0. The van der Waals surface area contributed by atoms with Gasteiger partial charge < -0.3 is 20.0 Å². The van der Waals surface area contributed by atoms with Crippen LogP contribution in [0.15, 0.2) is 42.7 Å². The highest BCUT2D eigenvalue weighted by atomic mass is 16.2. The average molecular weight is 396 g/mol. The van der Waals surface area contributed by atoms with Gasteiger partial charge in [0.05, 0.1) is 11.1 Å². The normalized spacial score (nSPS) is 14.5. The third-order valence-electron chi connectivity index (χ3n) is 5.29. The highest BCUT2D eigenvalue weighted by molar-refractivity contribution is 6.05. The van der Waals surface area contributed by atoms with E-state index >= 15 is 0 Å². The number of nitrogens with one attached hydrogen (secondary N) is 1. The SMILES string of the molecule is CCN(CC)C(=O)c1cncc(C(=O)Nc2ccc(N3CCN(C)CC3)cc2)c1. The van der Waals surface area contributed by atoms with Crippen LogP contribution in [-0.2, 0) is 0 Å². The van der Waals surface area contributed by atoms with Gasteiger partial charge in [-0.1, -0.05) is 0 Å². The summed E-state index contributed by atoms with van der Waals surface area (Å²) in [5, 5.41) is 2.89. The summed E-state index contributed by atoms with van der Waals surface area (Å²) in [6.45, 7) is 9.19. The summed E-state index contributed by atoms with van der Waals surface area (Å²) < 4.78 is 0. The highest BCUT2D eigenvalue weighted by Crippen LogP contribution is 2.20. The molecule has 29 heavy (non-hydrogen) atoms. The molecule has 0 spiro atoms. The molecule has 7 nitrogen and oxygen atoms in total. The maximum atomic E-state index is 12.6. The van der Waals surface area contributed by atoms with E-state index in [0.29, 0.717) is 29.9 Å². The molecular weight excluding hydrogens is 366 g/mol. The summed E-state index contributed by atoms with van der Waals surface area (Å²) in [6.07, 6.45) is 2.98. The number of carbonyl (C=O) groups excluding carboxylic acids is 2. The van der Waals surface area contributed by atoms with Crippen LogP contribution < -0.4 is 10.2 Å². The Hall–Kier alpha value is -2.93. The zero-order valence-electron chi connectivity index (χ0n) is 17.4. The number of anilines is 2. The van der Waals surface area contributed by atoms with Gasteiger partial charge in [-0.05, 0) is 51.2 Å². The number of rotatable bonds is 6. The van der Waals surface area contributed by atoms with Crippen LogP contribution in [0.5, 0.6) is 0 Å². The smallest absolute Gasteiger partial charge is 0.257 e. The molecule has 1 saturated heterocycles. The first-order valence-electron chi connectivity index (χ1n) is 10.1. The van der Waals surface area contributed by atoms with Crippen LogP contribution in [-0.4, -0.2) is 72.9 Å². The van der Waals surface area contributed by atoms with Crippen molar-refractivity contribution in [2.45, 2.75) is 13.8 Å². The fraction of sp³-hybridized carbons (Fsp3) is 0.409. The Labute approximate surface area is 172 Å². The first kappa shape index (κ1) is 20.8. The van der Waals surface area contributed by atoms with Crippen molar-refractivity contribution in [2.75, 3.05) is 56.5 Å². The molecule has 0 saturated carbocycles. The second-order valence-corrected chi connectivity index (χ2v) is 7.23. The second-order valence-electron chi connectivity index (χ2n) is 7.23. The van der Waals surface area contributed by atoms with Crippen molar-refractivity contribution in [3.8, 4) is 0 Å². The molecule has 1 aliphatic rings. The zero-order valence-corrected chi connectivity index (χ0v) is 17.4. The Morgan fingerprint density at radius 3 is 2.24 bits per heavy atom. The van der Waals surface area contributed by atoms with E-state index in [2.05, 4.69) is 27.1 Å². The number of aromatic nitrogens is 1. The summed E-state index contributed by atoms with van der Waals surface area (Å²) in [4.78, 5) is 35.6. The van der Waals surface area contributed by atoms with Crippen molar-refractivity contribution in [3.05, 3.63) is 53.9 Å². The summed E-state index contributed by atoms with van der Waals surface area (Å²) in [6, 6.07) is 9.47. The van der Waals surface area contributed by atoms with Gasteiger partial charge in [0, 0.05) is 63.0 Å². The van der Waals surface area contributed by atoms with E-state index in [1.54, 1.807) is 11.0 Å². The molecule has 0 atom stereocenters. The molecule has 3 rings (SSSR count). The Kier molecular flexibility index (Phi) is 6.82. The van der Waals surface area contributed by atoms with E-state index in [9.17, 15) is 9.59 Å². The number of likely N-dealkylation sites (N-methyl/N-ethyl adjacent to an activating group) is 1.